The fraction of sp³-hybridized carbons (Fsp3) is 0.214. The molecule has 0 saturated heterocycles. The van der Waals surface area contributed by atoms with Gasteiger partial charge in [-0.2, -0.15) is 0 Å². The second-order valence-electron chi connectivity index (χ2n) is 4.08. The molecule has 0 radical (unpaired) electrons. The maximum Gasteiger partial charge on any atom is 0.129 e. The summed E-state index contributed by atoms with van der Waals surface area (Å²) in [6.07, 6.45) is 3.48. The van der Waals surface area contributed by atoms with Crippen molar-refractivity contribution in [3.05, 3.63) is 64.7 Å². The van der Waals surface area contributed by atoms with Gasteiger partial charge in [-0.15, -0.1) is 0 Å². The standard InChI is InChI=1S/C14H14ClFN2/c1-10(11-5-7-17-8-6-11)18-9-12-13(15)3-2-4-14(12)16/h2-8,10,18H,9H2,1H3. The van der Waals surface area contributed by atoms with Crippen LogP contribution in [0.1, 0.15) is 24.1 Å². The van der Waals surface area contributed by atoms with E-state index in [1.54, 1.807) is 24.5 Å². The molecule has 18 heavy (non-hydrogen) atoms. The van der Waals surface area contributed by atoms with E-state index in [1.165, 1.54) is 6.07 Å². The van der Waals surface area contributed by atoms with Crippen LogP contribution < -0.4 is 5.32 Å². The third kappa shape index (κ3) is 3.06. The number of pyridine rings is 1. The molecule has 1 unspecified atom stereocenters. The van der Waals surface area contributed by atoms with Gasteiger partial charge in [0.2, 0.25) is 0 Å². The van der Waals surface area contributed by atoms with E-state index >= 15 is 0 Å². The Morgan fingerprint density at radius 3 is 2.67 bits per heavy atom. The molecule has 2 nitrogen and oxygen atoms in total. The maximum absolute atomic E-state index is 13.6. The summed E-state index contributed by atoms with van der Waals surface area (Å²) in [6, 6.07) is 8.69. The Hall–Kier alpha value is -1.45. The predicted molar refractivity (Wildman–Crippen MR) is 70.9 cm³/mol. The fourth-order valence-electron chi connectivity index (χ4n) is 1.73. The maximum atomic E-state index is 13.6. The summed E-state index contributed by atoms with van der Waals surface area (Å²) >= 11 is 5.97. The number of hydrogen-bond acceptors (Lipinski definition) is 2. The SMILES string of the molecule is CC(NCc1c(F)cccc1Cl)c1ccncc1. The average molecular weight is 265 g/mol. The van der Waals surface area contributed by atoms with Crippen molar-refractivity contribution in [2.75, 3.05) is 0 Å². The molecular formula is C14H14ClFN2. The number of rotatable bonds is 4. The normalized spacial score (nSPS) is 12.4. The van der Waals surface area contributed by atoms with Crippen LogP contribution in [0.15, 0.2) is 42.7 Å². The van der Waals surface area contributed by atoms with Gasteiger partial charge >= 0.3 is 0 Å². The van der Waals surface area contributed by atoms with Gasteiger partial charge in [-0.05, 0) is 36.8 Å². The molecule has 1 atom stereocenters. The van der Waals surface area contributed by atoms with Crippen LogP contribution in [0.2, 0.25) is 5.02 Å². The first-order valence-electron chi connectivity index (χ1n) is 5.74. The van der Waals surface area contributed by atoms with Crippen LogP contribution in [0.25, 0.3) is 0 Å². The summed E-state index contributed by atoms with van der Waals surface area (Å²) < 4.78 is 13.6. The Bertz CT molecular complexity index is 496. The van der Waals surface area contributed by atoms with Gasteiger partial charge in [0.25, 0.3) is 0 Å². The molecule has 0 aliphatic heterocycles. The van der Waals surface area contributed by atoms with Crippen LogP contribution in [0, 0.1) is 5.82 Å². The molecule has 1 N–H and O–H groups in total. The van der Waals surface area contributed by atoms with E-state index in [0.29, 0.717) is 17.1 Å². The molecule has 0 bridgehead atoms. The molecule has 0 spiro atoms. The lowest BCUT2D eigenvalue weighted by molar-refractivity contribution is 0.544. The minimum Gasteiger partial charge on any atom is -0.306 e. The van der Waals surface area contributed by atoms with Crippen LogP contribution in [0.3, 0.4) is 0 Å². The molecule has 1 heterocycles. The van der Waals surface area contributed by atoms with E-state index in [9.17, 15) is 4.39 Å². The van der Waals surface area contributed by atoms with Crippen molar-refractivity contribution >= 4 is 11.6 Å². The molecule has 2 aromatic rings. The minimum absolute atomic E-state index is 0.115. The van der Waals surface area contributed by atoms with Crippen LogP contribution in [0.5, 0.6) is 0 Å². The van der Waals surface area contributed by atoms with Gasteiger partial charge in [-0.25, -0.2) is 4.39 Å². The lowest BCUT2D eigenvalue weighted by atomic mass is 10.1. The van der Waals surface area contributed by atoms with Crippen molar-refractivity contribution in [3.63, 3.8) is 0 Å². The van der Waals surface area contributed by atoms with Crippen molar-refractivity contribution in [3.8, 4) is 0 Å². The fourth-order valence-corrected chi connectivity index (χ4v) is 1.96. The van der Waals surface area contributed by atoms with Gasteiger partial charge in [0.15, 0.2) is 0 Å². The summed E-state index contributed by atoms with van der Waals surface area (Å²) in [5.74, 6) is -0.281. The van der Waals surface area contributed by atoms with E-state index in [4.69, 9.17) is 11.6 Å². The van der Waals surface area contributed by atoms with Crippen LogP contribution in [-0.2, 0) is 6.54 Å². The third-order valence-corrected chi connectivity index (χ3v) is 3.21. The zero-order chi connectivity index (χ0) is 13.0. The lowest BCUT2D eigenvalue weighted by Gasteiger charge is -2.15. The van der Waals surface area contributed by atoms with Crippen LogP contribution in [0.4, 0.5) is 4.39 Å². The first kappa shape index (κ1) is 13.0. The highest BCUT2D eigenvalue weighted by Crippen LogP contribution is 2.20. The van der Waals surface area contributed by atoms with Crippen molar-refractivity contribution in [1.29, 1.82) is 0 Å². The second kappa shape index (κ2) is 5.94. The number of halogens is 2. The first-order chi connectivity index (χ1) is 8.68. The number of aromatic nitrogens is 1. The van der Waals surface area contributed by atoms with Crippen molar-refractivity contribution in [2.24, 2.45) is 0 Å². The molecule has 0 saturated carbocycles. The first-order valence-corrected chi connectivity index (χ1v) is 6.12. The smallest absolute Gasteiger partial charge is 0.129 e. The van der Waals surface area contributed by atoms with Gasteiger partial charge in [0, 0.05) is 35.6 Å². The molecule has 0 aliphatic rings. The van der Waals surface area contributed by atoms with Gasteiger partial charge in [-0.3, -0.25) is 4.98 Å². The monoisotopic (exact) mass is 264 g/mol. The largest absolute Gasteiger partial charge is 0.306 e. The predicted octanol–water partition coefficient (Wildman–Crippen LogP) is 3.72. The van der Waals surface area contributed by atoms with Gasteiger partial charge in [0.05, 0.1) is 0 Å². The Morgan fingerprint density at radius 2 is 2.00 bits per heavy atom. The highest BCUT2D eigenvalue weighted by Gasteiger charge is 2.09. The van der Waals surface area contributed by atoms with E-state index in [-0.39, 0.29) is 11.9 Å². The van der Waals surface area contributed by atoms with Crippen LogP contribution >= 0.6 is 11.6 Å². The van der Waals surface area contributed by atoms with Crippen molar-refractivity contribution in [2.45, 2.75) is 19.5 Å². The van der Waals surface area contributed by atoms with E-state index in [0.717, 1.165) is 5.56 Å². The number of hydrogen-bond donors (Lipinski definition) is 1. The topological polar surface area (TPSA) is 24.9 Å². The number of benzene rings is 1. The molecule has 0 fully saturated rings. The van der Waals surface area contributed by atoms with Crippen LogP contribution in [-0.4, -0.2) is 4.98 Å². The number of nitrogens with zero attached hydrogens (tertiary/aromatic N) is 1. The highest BCUT2D eigenvalue weighted by molar-refractivity contribution is 6.31. The minimum atomic E-state index is -0.281. The third-order valence-electron chi connectivity index (χ3n) is 2.85. The average Bonchev–Trinajstić information content (AvgIpc) is 2.39. The van der Waals surface area contributed by atoms with E-state index in [2.05, 4.69) is 10.3 Å². The molecule has 4 heteroatoms. The summed E-state index contributed by atoms with van der Waals surface area (Å²) in [4.78, 5) is 3.97. The number of nitrogens with one attached hydrogen (secondary N) is 1. The molecule has 2 rings (SSSR count). The van der Waals surface area contributed by atoms with E-state index < -0.39 is 0 Å². The molecular weight excluding hydrogens is 251 g/mol. The molecule has 1 aromatic carbocycles. The van der Waals surface area contributed by atoms with Gasteiger partial charge in [-0.1, -0.05) is 17.7 Å². The van der Waals surface area contributed by atoms with Crippen molar-refractivity contribution in [1.82, 2.24) is 10.3 Å². The van der Waals surface area contributed by atoms with Gasteiger partial charge < -0.3 is 5.32 Å². The molecule has 0 aliphatic carbocycles. The molecule has 0 amide bonds. The summed E-state index contributed by atoms with van der Waals surface area (Å²) in [6.45, 7) is 2.42. The Kier molecular flexibility index (Phi) is 4.28. The molecule has 94 valence electrons. The van der Waals surface area contributed by atoms with Crippen molar-refractivity contribution < 1.29 is 4.39 Å². The Labute approximate surface area is 111 Å². The zero-order valence-corrected chi connectivity index (χ0v) is 10.8. The summed E-state index contributed by atoms with van der Waals surface area (Å²) in [5, 5.41) is 3.69. The lowest BCUT2D eigenvalue weighted by Crippen LogP contribution is -2.19. The molecule has 1 aromatic heterocycles. The quantitative estimate of drug-likeness (QED) is 0.910. The zero-order valence-electron chi connectivity index (χ0n) is 10.0. The summed E-state index contributed by atoms with van der Waals surface area (Å²) in [7, 11) is 0. The van der Waals surface area contributed by atoms with E-state index in [1.807, 2.05) is 19.1 Å². The van der Waals surface area contributed by atoms with Gasteiger partial charge in [0.1, 0.15) is 5.82 Å². The summed E-state index contributed by atoms with van der Waals surface area (Å²) in [5.41, 5.74) is 1.61. The Morgan fingerprint density at radius 1 is 1.28 bits per heavy atom. The second-order valence-corrected chi connectivity index (χ2v) is 4.49. The Balaban J connectivity index is 2.04. The highest BCUT2D eigenvalue weighted by atomic mass is 35.5.